The summed E-state index contributed by atoms with van der Waals surface area (Å²) in [5, 5.41) is -0.827. The molecule has 7 heteroatoms. The van der Waals surface area contributed by atoms with E-state index in [-0.39, 0.29) is 6.54 Å². The molecule has 5 nitrogen and oxygen atoms in total. The molecule has 0 aliphatic rings. The third-order valence-electron chi connectivity index (χ3n) is 1.72. The predicted octanol–water partition coefficient (Wildman–Crippen LogP) is 1.81. The maximum absolute atomic E-state index is 11.5. The van der Waals surface area contributed by atoms with Gasteiger partial charge >= 0.3 is 6.09 Å². The van der Waals surface area contributed by atoms with Crippen LogP contribution in [0.25, 0.3) is 0 Å². The molecular formula is C9H18ClNO4S. The second-order valence-electron chi connectivity index (χ2n) is 4.65. The molecule has 0 saturated carbocycles. The van der Waals surface area contributed by atoms with Crippen LogP contribution in [-0.2, 0) is 13.8 Å². The SMILES string of the molecule is CC(CN(C)C(=O)OC(C)(C)C)S(=O)(=O)Cl. The van der Waals surface area contributed by atoms with Crippen LogP contribution >= 0.6 is 10.7 Å². The number of halogens is 1. The molecule has 0 aromatic carbocycles. The summed E-state index contributed by atoms with van der Waals surface area (Å²) in [5.74, 6) is 0. The van der Waals surface area contributed by atoms with Crippen molar-refractivity contribution in [3.63, 3.8) is 0 Å². The number of amides is 1. The minimum Gasteiger partial charge on any atom is -0.444 e. The molecule has 0 aromatic heterocycles. The summed E-state index contributed by atoms with van der Waals surface area (Å²) in [4.78, 5) is 12.7. The molecule has 0 aliphatic carbocycles. The Labute approximate surface area is 101 Å². The van der Waals surface area contributed by atoms with Gasteiger partial charge in [-0.1, -0.05) is 0 Å². The quantitative estimate of drug-likeness (QED) is 0.735. The number of ether oxygens (including phenoxy) is 1. The molecule has 0 spiro atoms. The summed E-state index contributed by atoms with van der Waals surface area (Å²) in [6, 6.07) is 0. The molecule has 96 valence electrons. The summed E-state index contributed by atoms with van der Waals surface area (Å²) in [5.41, 5.74) is -0.603. The van der Waals surface area contributed by atoms with Crippen LogP contribution in [0.15, 0.2) is 0 Å². The van der Waals surface area contributed by atoms with Crippen molar-refractivity contribution < 1.29 is 17.9 Å². The van der Waals surface area contributed by atoms with Crippen LogP contribution in [0, 0.1) is 0 Å². The molecule has 0 aromatic rings. The zero-order valence-electron chi connectivity index (χ0n) is 10.2. The van der Waals surface area contributed by atoms with Gasteiger partial charge in [0.05, 0.1) is 5.25 Å². The minimum atomic E-state index is -3.65. The molecule has 0 N–H and O–H groups in total. The van der Waals surface area contributed by atoms with Gasteiger partial charge in [0.1, 0.15) is 5.60 Å². The van der Waals surface area contributed by atoms with Crippen LogP contribution in [0.4, 0.5) is 4.79 Å². The zero-order valence-corrected chi connectivity index (χ0v) is 11.7. The van der Waals surface area contributed by atoms with Crippen molar-refractivity contribution in [2.24, 2.45) is 0 Å². The molecule has 0 heterocycles. The lowest BCUT2D eigenvalue weighted by Crippen LogP contribution is -2.39. The molecule has 0 radical (unpaired) electrons. The molecule has 16 heavy (non-hydrogen) atoms. The number of carbonyl (C=O) groups excluding carboxylic acids is 1. The van der Waals surface area contributed by atoms with E-state index in [2.05, 4.69) is 0 Å². The highest BCUT2D eigenvalue weighted by molar-refractivity contribution is 8.14. The summed E-state index contributed by atoms with van der Waals surface area (Å²) in [7, 11) is 2.97. The molecule has 0 saturated heterocycles. The van der Waals surface area contributed by atoms with Crippen molar-refractivity contribution in [2.45, 2.75) is 38.5 Å². The van der Waals surface area contributed by atoms with E-state index in [1.165, 1.54) is 18.9 Å². The van der Waals surface area contributed by atoms with Gasteiger partial charge in [0, 0.05) is 24.3 Å². The molecule has 0 bridgehead atoms. The Bertz CT molecular complexity index is 347. The summed E-state index contributed by atoms with van der Waals surface area (Å²) in [6.45, 7) is 6.64. The number of hydrogen-bond donors (Lipinski definition) is 0. The van der Waals surface area contributed by atoms with Crippen molar-refractivity contribution in [1.29, 1.82) is 0 Å². The van der Waals surface area contributed by atoms with Crippen LogP contribution < -0.4 is 0 Å². The van der Waals surface area contributed by atoms with Gasteiger partial charge in [0.15, 0.2) is 0 Å². The maximum atomic E-state index is 11.5. The highest BCUT2D eigenvalue weighted by Crippen LogP contribution is 2.12. The normalized spacial score (nSPS) is 14.4. The highest BCUT2D eigenvalue weighted by atomic mass is 35.7. The Morgan fingerprint density at radius 1 is 1.44 bits per heavy atom. The zero-order chi connectivity index (χ0) is 13.1. The monoisotopic (exact) mass is 271 g/mol. The third kappa shape index (κ3) is 6.17. The van der Waals surface area contributed by atoms with Gasteiger partial charge in [-0.15, -0.1) is 0 Å². The predicted molar refractivity (Wildman–Crippen MR) is 63.1 cm³/mol. The summed E-state index contributed by atoms with van der Waals surface area (Å²) >= 11 is 0. The van der Waals surface area contributed by atoms with Gasteiger partial charge in [-0.2, -0.15) is 0 Å². The highest BCUT2D eigenvalue weighted by Gasteiger charge is 2.25. The largest absolute Gasteiger partial charge is 0.444 e. The smallest absolute Gasteiger partial charge is 0.410 e. The Balaban J connectivity index is 4.38. The first kappa shape index (κ1) is 15.5. The van der Waals surface area contributed by atoms with Crippen LogP contribution in [-0.4, -0.2) is 43.9 Å². The average Bonchev–Trinajstić information content (AvgIpc) is 1.98. The minimum absolute atomic E-state index is 0.000741. The van der Waals surface area contributed by atoms with E-state index >= 15 is 0 Å². The van der Waals surface area contributed by atoms with Crippen molar-refractivity contribution >= 4 is 25.8 Å². The van der Waals surface area contributed by atoms with E-state index in [9.17, 15) is 13.2 Å². The van der Waals surface area contributed by atoms with Gasteiger partial charge in [0.2, 0.25) is 9.05 Å². The lowest BCUT2D eigenvalue weighted by molar-refractivity contribution is 0.0300. The first-order valence-electron chi connectivity index (χ1n) is 4.81. The summed E-state index contributed by atoms with van der Waals surface area (Å²) in [6.07, 6.45) is -0.570. The van der Waals surface area contributed by atoms with Crippen LogP contribution in [0.1, 0.15) is 27.7 Å². The Kier molecular flexibility index (Phi) is 5.07. The fourth-order valence-electron chi connectivity index (χ4n) is 0.889. The second kappa shape index (κ2) is 5.23. The first-order chi connectivity index (χ1) is 6.93. The Morgan fingerprint density at radius 2 is 1.88 bits per heavy atom. The molecule has 1 amide bonds. The molecule has 0 aliphatic heterocycles. The molecule has 1 unspecified atom stereocenters. The van der Waals surface area contributed by atoms with Crippen molar-refractivity contribution in [3.05, 3.63) is 0 Å². The summed E-state index contributed by atoms with van der Waals surface area (Å²) < 4.78 is 27.0. The standard InChI is InChI=1S/C9H18ClNO4S/c1-7(16(10,13)14)6-11(5)8(12)15-9(2,3)4/h7H,6H2,1-5H3. The van der Waals surface area contributed by atoms with E-state index in [1.54, 1.807) is 20.8 Å². The van der Waals surface area contributed by atoms with Crippen molar-refractivity contribution in [1.82, 2.24) is 4.90 Å². The lowest BCUT2D eigenvalue weighted by Gasteiger charge is -2.25. The van der Waals surface area contributed by atoms with Gasteiger partial charge in [-0.3, -0.25) is 0 Å². The van der Waals surface area contributed by atoms with E-state index in [0.717, 1.165) is 0 Å². The van der Waals surface area contributed by atoms with Crippen LogP contribution in [0.2, 0.25) is 0 Å². The van der Waals surface area contributed by atoms with E-state index in [0.29, 0.717) is 0 Å². The van der Waals surface area contributed by atoms with Gasteiger partial charge in [0.25, 0.3) is 0 Å². The number of hydrogen-bond acceptors (Lipinski definition) is 4. The van der Waals surface area contributed by atoms with E-state index in [4.69, 9.17) is 15.4 Å². The third-order valence-corrected chi connectivity index (χ3v) is 3.74. The Hall–Kier alpha value is -0.490. The van der Waals surface area contributed by atoms with E-state index in [1.807, 2.05) is 0 Å². The number of carbonyl (C=O) groups is 1. The molecule has 1 atom stereocenters. The topological polar surface area (TPSA) is 63.7 Å². The van der Waals surface area contributed by atoms with Gasteiger partial charge in [-0.05, 0) is 27.7 Å². The molecule has 0 fully saturated rings. The van der Waals surface area contributed by atoms with Crippen molar-refractivity contribution in [2.75, 3.05) is 13.6 Å². The fraction of sp³-hybridized carbons (Fsp3) is 0.889. The number of rotatable bonds is 3. The van der Waals surface area contributed by atoms with Crippen molar-refractivity contribution in [3.8, 4) is 0 Å². The second-order valence-corrected chi connectivity index (χ2v) is 7.69. The van der Waals surface area contributed by atoms with Crippen LogP contribution in [0.5, 0.6) is 0 Å². The average molecular weight is 272 g/mol. The first-order valence-corrected chi connectivity index (χ1v) is 7.18. The fourth-order valence-corrected chi connectivity index (χ4v) is 1.46. The van der Waals surface area contributed by atoms with Crippen LogP contribution in [0.3, 0.4) is 0 Å². The van der Waals surface area contributed by atoms with Gasteiger partial charge < -0.3 is 9.64 Å². The number of nitrogens with zero attached hydrogens (tertiary/aromatic N) is 1. The Morgan fingerprint density at radius 3 is 2.19 bits per heavy atom. The van der Waals surface area contributed by atoms with Gasteiger partial charge in [-0.25, -0.2) is 13.2 Å². The maximum Gasteiger partial charge on any atom is 0.410 e. The molecular weight excluding hydrogens is 254 g/mol. The van der Waals surface area contributed by atoms with E-state index < -0.39 is 26.0 Å². The lowest BCUT2D eigenvalue weighted by atomic mass is 10.2. The molecule has 0 rings (SSSR count).